The molecule has 2 aromatic rings. The zero-order valence-corrected chi connectivity index (χ0v) is 11.8. The van der Waals surface area contributed by atoms with E-state index in [4.69, 9.17) is 4.74 Å². The molecule has 0 aliphatic carbocycles. The number of benzene rings is 1. The van der Waals surface area contributed by atoms with Crippen molar-refractivity contribution in [2.45, 2.75) is 32.4 Å². The van der Waals surface area contributed by atoms with Crippen LogP contribution in [0.4, 0.5) is 0 Å². The summed E-state index contributed by atoms with van der Waals surface area (Å²) in [6, 6.07) is 6.86. The summed E-state index contributed by atoms with van der Waals surface area (Å²) in [6.45, 7) is 2.81. The molecule has 3 rings (SSSR count). The van der Waals surface area contributed by atoms with Gasteiger partial charge in [-0.15, -0.1) is 0 Å². The summed E-state index contributed by atoms with van der Waals surface area (Å²) < 4.78 is 7.12. The predicted molar refractivity (Wildman–Crippen MR) is 78.9 cm³/mol. The first-order valence-electron chi connectivity index (χ1n) is 7.06. The molecule has 0 bridgehead atoms. The van der Waals surface area contributed by atoms with Crippen LogP contribution in [0.5, 0.6) is 0 Å². The number of pyridine rings is 1. The fourth-order valence-corrected chi connectivity index (χ4v) is 3.00. The van der Waals surface area contributed by atoms with Gasteiger partial charge < -0.3 is 14.4 Å². The minimum atomic E-state index is -1.01. The number of carboxylic acids is 1. The smallest absolute Gasteiger partial charge is 0.338 e. The van der Waals surface area contributed by atoms with Gasteiger partial charge in [0.15, 0.2) is 0 Å². The molecule has 0 spiro atoms. The number of aromatic nitrogens is 1. The molecule has 0 saturated carbocycles. The molecule has 110 valence electrons. The van der Waals surface area contributed by atoms with Crippen molar-refractivity contribution in [2.75, 3.05) is 6.61 Å². The van der Waals surface area contributed by atoms with E-state index in [9.17, 15) is 14.7 Å². The van der Waals surface area contributed by atoms with E-state index in [1.165, 1.54) is 0 Å². The van der Waals surface area contributed by atoms with Crippen molar-refractivity contribution in [3.63, 3.8) is 0 Å². The van der Waals surface area contributed by atoms with Crippen LogP contribution in [0.15, 0.2) is 29.1 Å². The lowest BCUT2D eigenvalue weighted by molar-refractivity contribution is 0.0694. The highest BCUT2D eigenvalue weighted by molar-refractivity contribution is 6.04. The third kappa shape index (κ3) is 2.34. The number of hydrogen-bond donors (Lipinski definition) is 1. The molecular weight excluding hydrogens is 270 g/mol. The standard InChI is InChI=1S/C16H17NO4/c1-10-14(16(19)20)12-6-2-3-7-13(12)15(18)17(10)9-11-5-4-8-21-11/h2-3,6-7,11H,4-5,8-9H2,1H3,(H,19,20). The molecule has 1 aliphatic rings. The van der Waals surface area contributed by atoms with Crippen LogP contribution < -0.4 is 5.56 Å². The summed E-state index contributed by atoms with van der Waals surface area (Å²) in [7, 11) is 0. The Balaban J connectivity index is 2.23. The van der Waals surface area contributed by atoms with Gasteiger partial charge in [0.25, 0.3) is 5.56 Å². The van der Waals surface area contributed by atoms with Gasteiger partial charge in [-0.25, -0.2) is 4.79 Å². The minimum Gasteiger partial charge on any atom is -0.478 e. The minimum absolute atomic E-state index is 0.00999. The number of carboxylic acid groups (broad SMARTS) is 1. The summed E-state index contributed by atoms with van der Waals surface area (Å²) in [4.78, 5) is 24.2. The highest BCUT2D eigenvalue weighted by Crippen LogP contribution is 2.21. The fourth-order valence-electron chi connectivity index (χ4n) is 3.00. The molecule has 1 fully saturated rings. The third-order valence-electron chi connectivity index (χ3n) is 4.06. The van der Waals surface area contributed by atoms with E-state index in [0.29, 0.717) is 29.6 Å². The molecule has 5 heteroatoms. The van der Waals surface area contributed by atoms with Gasteiger partial charge >= 0.3 is 5.97 Å². The van der Waals surface area contributed by atoms with Gasteiger partial charge in [0.2, 0.25) is 0 Å². The second-order valence-corrected chi connectivity index (χ2v) is 5.36. The van der Waals surface area contributed by atoms with Crippen LogP contribution in [0.2, 0.25) is 0 Å². The number of ether oxygens (including phenoxy) is 1. The Kier molecular flexibility index (Phi) is 3.51. The maximum atomic E-state index is 12.6. The molecule has 1 unspecified atom stereocenters. The van der Waals surface area contributed by atoms with E-state index in [1.807, 2.05) is 0 Å². The molecule has 1 atom stereocenters. The van der Waals surface area contributed by atoms with E-state index < -0.39 is 5.97 Å². The van der Waals surface area contributed by atoms with Crippen LogP contribution in [0.25, 0.3) is 10.8 Å². The highest BCUT2D eigenvalue weighted by atomic mass is 16.5. The number of aromatic carboxylic acids is 1. The zero-order chi connectivity index (χ0) is 15.0. The predicted octanol–water partition coefficient (Wildman–Crippen LogP) is 2.19. The van der Waals surface area contributed by atoms with Gasteiger partial charge in [-0.05, 0) is 25.8 Å². The molecule has 1 aromatic heterocycles. The highest BCUT2D eigenvalue weighted by Gasteiger charge is 2.22. The monoisotopic (exact) mass is 287 g/mol. The van der Waals surface area contributed by atoms with Crippen LogP contribution in [0.3, 0.4) is 0 Å². The van der Waals surface area contributed by atoms with Crippen LogP contribution in [-0.2, 0) is 11.3 Å². The number of fused-ring (bicyclic) bond motifs is 1. The summed E-state index contributed by atoms with van der Waals surface area (Å²) in [5, 5.41) is 10.4. The first-order chi connectivity index (χ1) is 10.1. The second-order valence-electron chi connectivity index (χ2n) is 5.36. The van der Waals surface area contributed by atoms with Gasteiger partial charge in [-0.3, -0.25) is 4.79 Å². The molecule has 1 aliphatic heterocycles. The van der Waals surface area contributed by atoms with Crippen molar-refractivity contribution in [2.24, 2.45) is 0 Å². The molecule has 0 radical (unpaired) electrons. The molecular formula is C16H17NO4. The van der Waals surface area contributed by atoms with Gasteiger partial charge in [0.1, 0.15) is 0 Å². The van der Waals surface area contributed by atoms with Gasteiger partial charge in [-0.2, -0.15) is 0 Å². The fraction of sp³-hybridized carbons (Fsp3) is 0.375. The van der Waals surface area contributed by atoms with Gasteiger partial charge in [0, 0.05) is 23.1 Å². The summed E-state index contributed by atoms with van der Waals surface area (Å²) >= 11 is 0. The van der Waals surface area contributed by atoms with Crippen molar-refractivity contribution < 1.29 is 14.6 Å². The lowest BCUT2D eigenvalue weighted by Gasteiger charge is -2.18. The Morgan fingerprint density at radius 3 is 2.71 bits per heavy atom. The van der Waals surface area contributed by atoms with Crippen molar-refractivity contribution in [3.8, 4) is 0 Å². The number of carbonyl (C=O) groups is 1. The average Bonchev–Trinajstić information content (AvgIpc) is 2.96. The SMILES string of the molecule is Cc1c(C(=O)O)c2ccccc2c(=O)n1CC1CCCO1. The average molecular weight is 287 g/mol. The Labute approximate surface area is 121 Å². The first kappa shape index (κ1) is 13.8. The van der Waals surface area contributed by atoms with E-state index >= 15 is 0 Å². The van der Waals surface area contributed by atoms with Gasteiger partial charge in [0.05, 0.1) is 18.2 Å². The molecule has 1 aromatic carbocycles. The van der Waals surface area contributed by atoms with Crippen molar-refractivity contribution in [1.82, 2.24) is 4.57 Å². The quantitative estimate of drug-likeness (QED) is 0.939. The van der Waals surface area contributed by atoms with E-state index in [2.05, 4.69) is 0 Å². The maximum Gasteiger partial charge on any atom is 0.338 e. The normalized spacial score (nSPS) is 18.2. The third-order valence-corrected chi connectivity index (χ3v) is 4.06. The molecule has 5 nitrogen and oxygen atoms in total. The molecule has 1 N–H and O–H groups in total. The van der Waals surface area contributed by atoms with Crippen LogP contribution in [0.1, 0.15) is 28.9 Å². The van der Waals surface area contributed by atoms with E-state index in [-0.39, 0.29) is 17.2 Å². The maximum absolute atomic E-state index is 12.6. The number of rotatable bonds is 3. The van der Waals surface area contributed by atoms with Crippen molar-refractivity contribution >= 4 is 16.7 Å². The van der Waals surface area contributed by atoms with Crippen LogP contribution >= 0.6 is 0 Å². The number of hydrogen-bond acceptors (Lipinski definition) is 3. The Bertz CT molecular complexity index is 757. The summed E-state index contributed by atoms with van der Waals surface area (Å²) in [5.41, 5.74) is 0.536. The number of nitrogens with zero attached hydrogens (tertiary/aromatic N) is 1. The van der Waals surface area contributed by atoms with E-state index in [0.717, 1.165) is 12.8 Å². The molecule has 0 amide bonds. The lowest BCUT2D eigenvalue weighted by atomic mass is 10.0. The van der Waals surface area contributed by atoms with Gasteiger partial charge in [-0.1, -0.05) is 18.2 Å². The second kappa shape index (κ2) is 5.33. The lowest BCUT2D eigenvalue weighted by Crippen LogP contribution is -2.30. The molecule has 2 heterocycles. The van der Waals surface area contributed by atoms with Crippen molar-refractivity contribution in [3.05, 3.63) is 45.9 Å². The Morgan fingerprint density at radius 2 is 2.10 bits per heavy atom. The topological polar surface area (TPSA) is 68.5 Å². The van der Waals surface area contributed by atoms with Crippen LogP contribution in [-0.4, -0.2) is 28.4 Å². The zero-order valence-electron chi connectivity index (χ0n) is 11.8. The van der Waals surface area contributed by atoms with Crippen molar-refractivity contribution in [1.29, 1.82) is 0 Å². The summed E-state index contributed by atoms with van der Waals surface area (Å²) in [5.74, 6) is -1.01. The molecule has 21 heavy (non-hydrogen) atoms. The molecule has 1 saturated heterocycles. The summed E-state index contributed by atoms with van der Waals surface area (Å²) in [6.07, 6.45) is 1.88. The Hall–Kier alpha value is -2.14. The Morgan fingerprint density at radius 1 is 1.38 bits per heavy atom. The first-order valence-corrected chi connectivity index (χ1v) is 7.06. The van der Waals surface area contributed by atoms with Crippen LogP contribution in [0, 0.1) is 6.92 Å². The van der Waals surface area contributed by atoms with E-state index in [1.54, 1.807) is 35.8 Å². The largest absolute Gasteiger partial charge is 0.478 e.